The van der Waals surface area contributed by atoms with E-state index in [4.69, 9.17) is 16.3 Å². The SMILES string of the molecule is CC(=O)NCc1ccc(C(=O)COC(=O)/C=C/c2c(C)nn(Cc3ccc(C)cc3)c2Cl)s1. The Morgan fingerprint density at radius 2 is 1.88 bits per heavy atom. The van der Waals surface area contributed by atoms with Crippen LogP contribution in [0.2, 0.25) is 5.15 Å². The monoisotopic (exact) mass is 485 g/mol. The first-order chi connectivity index (χ1) is 15.7. The third-order valence-electron chi connectivity index (χ3n) is 4.74. The summed E-state index contributed by atoms with van der Waals surface area (Å²) < 4.78 is 6.74. The van der Waals surface area contributed by atoms with E-state index in [2.05, 4.69) is 10.4 Å². The predicted octanol–water partition coefficient (Wildman–Crippen LogP) is 4.34. The predicted molar refractivity (Wildman–Crippen MR) is 128 cm³/mol. The van der Waals surface area contributed by atoms with E-state index in [9.17, 15) is 14.4 Å². The first-order valence-corrected chi connectivity index (χ1v) is 11.4. The van der Waals surface area contributed by atoms with Gasteiger partial charge in [0.1, 0.15) is 5.15 Å². The van der Waals surface area contributed by atoms with Gasteiger partial charge in [0, 0.05) is 23.4 Å². The zero-order chi connectivity index (χ0) is 24.0. The van der Waals surface area contributed by atoms with Gasteiger partial charge in [0.05, 0.1) is 23.7 Å². The summed E-state index contributed by atoms with van der Waals surface area (Å²) in [6.07, 6.45) is 2.77. The number of halogens is 1. The zero-order valence-electron chi connectivity index (χ0n) is 18.6. The highest BCUT2D eigenvalue weighted by molar-refractivity contribution is 7.14. The molecule has 1 amide bonds. The lowest BCUT2D eigenvalue weighted by atomic mass is 10.1. The smallest absolute Gasteiger partial charge is 0.331 e. The summed E-state index contributed by atoms with van der Waals surface area (Å²) in [6, 6.07) is 11.5. The first-order valence-electron chi connectivity index (χ1n) is 10.2. The Kier molecular flexibility index (Phi) is 8.19. The molecular formula is C24H24ClN3O4S. The number of carbonyl (C=O) groups excluding carboxylic acids is 3. The number of benzene rings is 1. The normalized spacial score (nSPS) is 11.0. The number of nitrogens with one attached hydrogen (secondary N) is 1. The van der Waals surface area contributed by atoms with Gasteiger partial charge in [0.2, 0.25) is 11.7 Å². The highest BCUT2D eigenvalue weighted by Gasteiger charge is 2.14. The Morgan fingerprint density at radius 1 is 1.15 bits per heavy atom. The maximum Gasteiger partial charge on any atom is 0.331 e. The molecule has 9 heteroatoms. The van der Waals surface area contributed by atoms with Crippen molar-refractivity contribution < 1.29 is 19.1 Å². The number of esters is 1. The first kappa shape index (κ1) is 24.4. The van der Waals surface area contributed by atoms with Gasteiger partial charge >= 0.3 is 5.97 Å². The number of hydrogen-bond acceptors (Lipinski definition) is 6. The number of carbonyl (C=O) groups is 3. The molecule has 3 rings (SSSR count). The Hall–Kier alpha value is -3.23. The van der Waals surface area contributed by atoms with Crippen LogP contribution in [0.25, 0.3) is 6.08 Å². The maximum atomic E-state index is 12.3. The number of hydrogen-bond donors (Lipinski definition) is 1. The van der Waals surface area contributed by atoms with E-state index in [1.54, 1.807) is 29.8 Å². The van der Waals surface area contributed by atoms with Gasteiger partial charge < -0.3 is 10.1 Å². The summed E-state index contributed by atoms with van der Waals surface area (Å²) in [5.41, 5.74) is 3.53. The number of aryl methyl sites for hydroxylation is 2. The van der Waals surface area contributed by atoms with Crippen LogP contribution in [0.5, 0.6) is 0 Å². The zero-order valence-corrected chi connectivity index (χ0v) is 20.1. The van der Waals surface area contributed by atoms with E-state index in [-0.39, 0.29) is 18.3 Å². The van der Waals surface area contributed by atoms with E-state index < -0.39 is 5.97 Å². The summed E-state index contributed by atoms with van der Waals surface area (Å²) in [5.74, 6) is -1.11. The molecule has 0 atom stereocenters. The van der Waals surface area contributed by atoms with E-state index in [0.29, 0.717) is 34.4 Å². The van der Waals surface area contributed by atoms with Gasteiger partial charge in [0.25, 0.3) is 0 Å². The molecule has 0 saturated heterocycles. The number of ketones is 1. The topological polar surface area (TPSA) is 90.3 Å². The molecule has 0 spiro atoms. The molecule has 7 nitrogen and oxygen atoms in total. The average Bonchev–Trinajstić information content (AvgIpc) is 3.35. The van der Waals surface area contributed by atoms with E-state index in [1.165, 1.54) is 29.9 Å². The largest absolute Gasteiger partial charge is 0.454 e. The van der Waals surface area contributed by atoms with Crippen LogP contribution in [0.3, 0.4) is 0 Å². The van der Waals surface area contributed by atoms with Crippen molar-refractivity contribution in [1.82, 2.24) is 15.1 Å². The third-order valence-corrected chi connectivity index (χ3v) is 6.27. The maximum absolute atomic E-state index is 12.3. The fourth-order valence-electron chi connectivity index (χ4n) is 2.97. The van der Waals surface area contributed by atoms with Gasteiger partial charge in [-0.1, -0.05) is 41.4 Å². The molecule has 0 bridgehead atoms. The fourth-order valence-corrected chi connectivity index (χ4v) is 4.14. The quantitative estimate of drug-likeness (QED) is 0.276. The summed E-state index contributed by atoms with van der Waals surface area (Å²) in [4.78, 5) is 36.7. The molecule has 0 unspecified atom stereocenters. The van der Waals surface area contributed by atoms with Crippen molar-refractivity contribution in [3.63, 3.8) is 0 Å². The summed E-state index contributed by atoms with van der Waals surface area (Å²) in [7, 11) is 0. The Morgan fingerprint density at radius 3 is 2.58 bits per heavy atom. The highest BCUT2D eigenvalue weighted by atomic mass is 35.5. The second kappa shape index (κ2) is 11.1. The highest BCUT2D eigenvalue weighted by Crippen LogP contribution is 2.22. The van der Waals surface area contributed by atoms with Gasteiger partial charge in [-0.15, -0.1) is 11.3 Å². The molecule has 0 saturated carbocycles. The molecule has 1 aromatic carbocycles. The standard InChI is InChI=1S/C24H24ClN3O4S/c1-15-4-6-18(7-5-15)13-28-24(25)20(16(2)27-28)9-11-23(31)32-14-21(30)22-10-8-19(33-22)12-26-17(3)29/h4-11H,12-14H2,1-3H3,(H,26,29)/b11-9+. The van der Waals surface area contributed by atoms with Crippen LogP contribution in [-0.2, 0) is 27.4 Å². The van der Waals surface area contributed by atoms with Crippen LogP contribution < -0.4 is 5.32 Å². The van der Waals surface area contributed by atoms with Gasteiger partial charge in [-0.3, -0.25) is 9.59 Å². The lowest BCUT2D eigenvalue weighted by Gasteiger charge is -2.04. The van der Waals surface area contributed by atoms with Crippen molar-refractivity contribution >= 4 is 46.7 Å². The molecule has 0 aliphatic heterocycles. The molecular weight excluding hydrogens is 462 g/mol. The Balaban J connectivity index is 1.56. The third kappa shape index (κ3) is 6.87. The van der Waals surface area contributed by atoms with Crippen molar-refractivity contribution in [3.05, 3.63) is 79.8 Å². The Labute approximate surface area is 201 Å². The van der Waals surface area contributed by atoms with Gasteiger partial charge in [-0.2, -0.15) is 5.10 Å². The van der Waals surface area contributed by atoms with E-state index in [0.717, 1.165) is 10.4 Å². The molecule has 0 aliphatic carbocycles. The second-order valence-corrected chi connectivity index (χ2v) is 9.00. The fraction of sp³-hybridized carbons (Fsp3) is 0.250. The minimum atomic E-state index is -0.653. The van der Waals surface area contributed by atoms with Gasteiger partial charge in [-0.05, 0) is 37.6 Å². The van der Waals surface area contributed by atoms with Crippen molar-refractivity contribution in [3.8, 4) is 0 Å². The molecule has 1 N–H and O–H groups in total. The van der Waals surface area contributed by atoms with Crippen molar-refractivity contribution in [2.75, 3.05) is 6.61 Å². The molecule has 2 heterocycles. The Bertz CT molecular complexity index is 1200. The van der Waals surface area contributed by atoms with Crippen LogP contribution in [-0.4, -0.2) is 34.0 Å². The number of rotatable bonds is 9. The number of amides is 1. The number of Topliss-reactive ketones (excluding diaryl/α,β-unsaturated/α-hetero) is 1. The van der Waals surface area contributed by atoms with Crippen LogP contribution in [0.15, 0.2) is 42.5 Å². The average molecular weight is 486 g/mol. The van der Waals surface area contributed by atoms with Crippen molar-refractivity contribution in [2.24, 2.45) is 0 Å². The minimum Gasteiger partial charge on any atom is -0.454 e. The summed E-state index contributed by atoms with van der Waals surface area (Å²) in [5, 5.41) is 7.54. The van der Waals surface area contributed by atoms with Gasteiger partial charge in [0.15, 0.2) is 6.61 Å². The van der Waals surface area contributed by atoms with Crippen LogP contribution in [0, 0.1) is 13.8 Å². The number of nitrogens with zero attached hydrogens (tertiary/aromatic N) is 2. The van der Waals surface area contributed by atoms with E-state index in [1.807, 2.05) is 31.2 Å². The number of aromatic nitrogens is 2. The summed E-state index contributed by atoms with van der Waals surface area (Å²) in [6.45, 7) is 5.75. The molecule has 33 heavy (non-hydrogen) atoms. The van der Waals surface area contributed by atoms with Crippen molar-refractivity contribution in [2.45, 2.75) is 33.9 Å². The lowest BCUT2D eigenvalue weighted by molar-refractivity contribution is -0.136. The number of ether oxygens (including phenoxy) is 1. The molecule has 0 fully saturated rings. The molecule has 3 aromatic rings. The number of thiophene rings is 1. The molecule has 172 valence electrons. The summed E-state index contributed by atoms with van der Waals surface area (Å²) >= 11 is 7.72. The molecule has 2 aromatic heterocycles. The minimum absolute atomic E-state index is 0.145. The van der Waals surface area contributed by atoms with Crippen LogP contribution in [0.1, 0.15) is 43.9 Å². The van der Waals surface area contributed by atoms with E-state index >= 15 is 0 Å². The molecule has 0 radical (unpaired) electrons. The van der Waals surface area contributed by atoms with Gasteiger partial charge in [-0.25, -0.2) is 9.48 Å². The van der Waals surface area contributed by atoms with Crippen molar-refractivity contribution in [1.29, 1.82) is 0 Å². The van der Waals surface area contributed by atoms with Crippen LogP contribution in [0.4, 0.5) is 0 Å². The lowest BCUT2D eigenvalue weighted by Crippen LogP contribution is -2.18. The second-order valence-electron chi connectivity index (χ2n) is 7.47. The van der Waals surface area contributed by atoms with Crippen LogP contribution >= 0.6 is 22.9 Å². The molecule has 0 aliphatic rings.